The maximum atomic E-state index is 10.9. The molecule has 1 fully saturated rings. The second kappa shape index (κ2) is 6.25. The second-order valence-electron chi connectivity index (χ2n) is 4.30. The predicted molar refractivity (Wildman–Crippen MR) is 70.7 cm³/mol. The zero-order valence-corrected chi connectivity index (χ0v) is 10.5. The molecule has 0 aliphatic carbocycles. The van der Waals surface area contributed by atoms with Gasteiger partial charge in [0.2, 0.25) is 11.8 Å². The van der Waals surface area contributed by atoms with Gasteiger partial charge in [-0.25, -0.2) is 10.8 Å². The van der Waals surface area contributed by atoms with E-state index in [0.29, 0.717) is 6.54 Å². The molecule has 0 radical (unpaired) electrons. The molecule has 19 heavy (non-hydrogen) atoms. The minimum Gasteiger partial charge on any atom is -0.363 e. The number of nitrogen functional groups attached to an aromatic ring is 1. The van der Waals surface area contributed by atoms with Gasteiger partial charge in [0.25, 0.3) is 0 Å². The minimum absolute atomic E-state index is 0.147. The minimum atomic E-state index is -0.515. The molecule has 0 amide bonds. The number of hydrazine groups is 1. The lowest BCUT2D eigenvalue weighted by Crippen LogP contribution is -2.26. The Balaban J connectivity index is 1.98. The standard InChI is InChI=1S/C10H17N7O2/c11-15-10-13-7-8(17(18)19)9(14-10)12-3-6-16-4-1-2-5-16/h7H,1-6,11H2,(H2,12,13,14,15). The number of hydrogen-bond donors (Lipinski definition) is 3. The third-order valence-electron chi connectivity index (χ3n) is 3.01. The first-order valence-electron chi connectivity index (χ1n) is 6.15. The van der Waals surface area contributed by atoms with Crippen molar-refractivity contribution in [3.05, 3.63) is 16.3 Å². The molecule has 0 unspecified atom stereocenters. The van der Waals surface area contributed by atoms with E-state index in [2.05, 4.69) is 25.6 Å². The van der Waals surface area contributed by atoms with Gasteiger partial charge in [-0.3, -0.25) is 15.5 Å². The molecule has 1 aromatic heterocycles. The fourth-order valence-electron chi connectivity index (χ4n) is 2.05. The van der Waals surface area contributed by atoms with Crippen LogP contribution in [0, 0.1) is 10.1 Å². The number of hydrogen-bond acceptors (Lipinski definition) is 8. The smallest absolute Gasteiger partial charge is 0.329 e. The van der Waals surface area contributed by atoms with Gasteiger partial charge in [0.05, 0.1) is 4.92 Å². The Bertz CT molecular complexity index is 448. The maximum absolute atomic E-state index is 10.9. The van der Waals surface area contributed by atoms with Crippen molar-refractivity contribution in [2.24, 2.45) is 5.84 Å². The Hall–Kier alpha value is -2.00. The molecule has 1 aromatic rings. The molecular weight excluding hydrogens is 250 g/mol. The third-order valence-corrected chi connectivity index (χ3v) is 3.01. The molecule has 1 aliphatic heterocycles. The first-order chi connectivity index (χ1) is 9.20. The summed E-state index contributed by atoms with van der Waals surface area (Å²) in [7, 11) is 0. The van der Waals surface area contributed by atoms with Crippen molar-refractivity contribution in [3.63, 3.8) is 0 Å². The molecule has 0 bridgehead atoms. The zero-order valence-electron chi connectivity index (χ0n) is 10.5. The molecule has 0 aromatic carbocycles. The van der Waals surface area contributed by atoms with Crippen LogP contribution in [0.2, 0.25) is 0 Å². The Labute approximate surface area is 110 Å². The van der Waals surface area contributed by atoms with Crippen LogP contribution in [0.25, 0.3) is 0 Å². The summed E-state index contributed by atoms with van der Waals surface area (Å²) in [5, 5.41) is 13.8. The lowest BCUT2D eigenvalue weighted by atomic mass is 10.4. The largest absolute Gasteiger partial charge is 0.363 e. The van der Waals surface area contributed by atoms with Gasteiger partial charge in [-0.15, -0.1) is 0 Å². The quantitative estimate of drug-likeness (QED) is 0.379. The normalized spacial score (nSPS) is 15.4. The van der Waals surface area contributed by atoms with Gasteiger partial charge in [-0.05, 0) is 25.9 Å². The molecule has 4 N–H and O–H groups in total. The monoisotopic (exact) mass is 267 g/mol. The Morgan fingerprint density at radius 2 is 2.21 bits per heavy atom. The number of nitrogens with zero attached hydrogens (tertiary/aromatic N) is 4. The molecular formula is C10H17N7O2. The Morgan fingerprint density at radius 1 is 1.47 bits per heavy atom. The lowest BCUT2D eigenvalue weighted by Gasteiger charge is -2.15. The van der Waals surface area contributed by atoms with Gasteiger partial charge in [0, 0.05) is 13.1 Å². The van der Waals surface area contributed by atoms with Gasteiger partial charge < -0.3 is 10.2 Å². The van der Waals surface area contributed by atoms with E-state index in [-0.39, 0.29) is 17.5 Å². The number of nitrogens with two attached hydrogens (primary N) is 1. The highest BCUT2D eigenvalue weighted by molar-refractivity contribution is 5.56. The first-order valence-corrected chi connectivity index (χ1v) is 6.15. The summed E-state index contributed by atoms with van der Waals surface area (Å²) in [6.45, 7) is 3.61. The topological polar surface area (TPSA) is 122 Å². The molecule has 1 aliphatic rings. The summed E-state index contributed by atoms with van der Waals surface area (Å²) >= 11 is 0. The van der Waals surface area contributed by atoms with Crippen LogP contribution in [0.15, 0.2) is 6.20 Å². The highest BCUT2D eigenvalue weighted by Crippen LogP contribution is 2.21. The van der Waals surface area contributed by atoms with Crippen molar-refractivity contribution < 1.29 is 4.92 Å². The second-order valence-corrected chi connectivity index (χ2v) is 4.30. The van der Waals surface area contributed by atoms with Crippen LogP contribution < -0.4 is 16.6 Å². The molecule has 104 valence electrons. The average Bonchev–Trinajstić information content (AvgIpc) is 2.91. The van der Waals surface area contributed by atoms with Crippen LogP contribution in [0.5, 0.6) is 0 Å². The van der Waals surface area contributed by atoms with Crippen LogP contribution in [0.3, 0.4) is 0 Å². The summed E-state index contributed by atoms with van der Waals surface area (Å²) in [5.74, 6) is 5.53. The van der Waals surface area contributed by atoms with E-state index in [4.69, 9.17) is 5.84 Å². The SMILES string of the molecule is NNc1ncc([N+](=O)[O-])c(NCCN2CCCC2)n1. The van der Waals surface area contributed by atoms with Crippen molar-refractivity contribution in [2.45, 2.75) is 12.8 Å². The van der Waals surface area contributed by atoms with Gasteiger partial charge in [0.15, 0.2) is 0 Å². The van der Waals surface area contributed by atoms with E-state index >= 15 is 0 Å². The van der Waals surface area contributed by atoms with E-state index < -0.39 is 4.92 Å². The van der Waals surface area contributed by atoms with E-state index in [1.807, 2.05) is 0 Å². The van der Waals surface area contributed by atoms with Crippen molar-refractivity contribution in [3.8, 4) is 0 Å². The summed E-state index contributed by atoms with van der Waals surface area (Å²) in [4.78, 5) is 20.3. The number of likely N-dealkylation sites (tertiary alicyclic amines) is 1. The molecule has 9 heteroatoms. The van der Waals surface area contributed by atoms with E-state index in [0.717, 1.165) is 25.8 Å². The maximum Gasteiger partial charge on any atom is 0.329 e. The molecule has 0 saturated carbocycles. The number of rotatable bonds is 6. The van der Waals surface area contributed by atoms with E-state index in [1.54, 1.807) is 0 Å². The first kappa shape index (κ1) is 13.4. The number of nitrogens with one attached hydrogen (secondary N) is 2. The fourth-order valence-corrected chi connectivity index (χ4v) is 2.05. The number of anilines is 2. The summed E-state index contributed by atoms with van der Waals surface area (Å²) in [6.07, 6.45) is 3.57. The molecule has 1 saturated heterocycles. The fraction of sp³-hybridized carbons (Fsp3) is 0.600. The third kappa shape index (κ3) is 3.48. The van der Waals surface area contributed by atoms with E-state index in [1.165, 1.54) is 12.8 Å². The summed E-state index contributed by atoms with van der Waals surface area (Å²) < 4.78 is 0. The molecule has 0 atom stereocenters. The van der Waals surface area contributed by atoms with Gasteiger partial charge in [-0.2, -0.15) is 4.98 Å². The van der Waals surface area contributed by atoms with Gasteiger partial charge >= 0.3 is 5.69 Å². The highest BCUT2D eigenvalue weighted by atomic mass is 16.6. The number of nitro groups is 1. The predicted octanol–water partition coefficient (Wildman–Crippen LogP) is 0.178. The van der Waals surface area contributed by atoms with Crippen molar-refractivity contribution in [1.82, 2.24) is 14.9 Å². The Morgan fingerprint density at radius 3 is 2.84 bits per heavy atom. The Kier molecular flexibility index (Phi) is 4.42. The molecule has 2 heterocycles. The summed E-state index contributed by atoms with van der Waals surface area (Å²) in [6, 6.07) is 0. The van der Waals surface area contributed by atoms with Gasteiger partial charge in [0.1, 0.15) is 6.20 Å². The average molecular weight is 267 g/mol. The lowest BCUT2D eigenvalue weighted by molar-refractivity contribution is -0.384. The molecule has 9 nitrogen and oxygen atoms in total. The highest BCUT2D eigenvalue weighted by Gasteiger charge is 2.17. The van der Waals surface area contributed by atoms with Crippen molar-refractivity contribution in [1.29, 1.82) is 0 Å². The van der Waals surface area contributed by atoms with Crippen LogP contribution in [-0.2, 0) is 0 Å². The van der Waals surface area contributed by atoms with Crippen LogP contribution in [0.4, 0.5) is 17.5 Å². The summed E-state index contributed by atoms with van der Waals surface area (Å²) in [5.41, 5.74) is 2.12. The van der Waals surface area contributed by atoms with Crippen molar-refractivity contribution in [2.75, 3.05) is 36.9 Å². The van der Waals surface area contributed by atoms with Crippen LogP contribution in [0.1, 0.15) is 12.8 Å². The van der Waals surface area contributed by atoms with Crippen LogP contribution >= 0.6 is 0 Å². The number of aromatic nitrogens is 2. The van der Waals surface area contributed by atoms with E-state index in [9.17, 15) is 10.1 Å². The van der Waals surface area contributed by atoms with Crippen LogP contribution in [-0.4, -0.2) is 46.0 Å². The molecule has 2 rings (SSSR count). The van der Waals surface area contributed by atoms with Crippen molar-refractivity contribution >= 4 is 17.5 Å². The zero-order chi connectivity index (χ0) is 13.7. The van der Waals surface area contributed by atoms with Gasteiger partial charge in [-0.1, -0.05) is 0 Å². The molecule has 0 spiro atoms.